The summed E-state index contributed by atoms with van der Waals surface area (Å²) in [5, 5.41) is 14.1. The van der Waals surface area contributed by atoms with E-state index in [-0.39, 0.29) is 17.8 Å². The molecule has 2 aliphatic carbocycles. The fourth-order valence-electron chi connectivity index (χ4n) is 4.18. The molecule has 0 atom stereocenters. The first-order valence-electron chi connectivity index (χ1n) is 9.94. The summed E-state index contributed by atoms with van der Waals surface area (Å²) in [7, 11) is 0. The highest BCUT2D eigenvalue weighted by atomic mass is 16.6. The van der Waals surface area contributed by atoms with Gasteiger partial charge >= 0.3 is 6.03 Å². The highest BCUT2D eigenvalue weighted by molar-refractivity contribution is 5.75. The van der Waals surface area contributed by atoms with Crippen molar-refractivity contribution in [1.29, 1.82) is 0 Å². The number of carbonyl (C=O) groups is 1. The van der Waals surface area contributed by atoms with Crippen LogP contribution in [0.2, 0.25) is 0 Å². The molecule has 2 aliphatic rings. The fraction of sp³-hybridized carbons (Fsp3) is 0.650. The lowest BCUT2D eigenvalue weighted by Gasteiger charge is -2.36. The summed E-state index contributed by atoms with van der Waals surface area (Å²) < 4.78 is 0. The largest absolute Gasteiger partial charge is 0.335 e. The predicted molar refractivity (Wildman–Crippen MR) is 101 cm³/mol. The van der Waals surface area contributed by atoms with E-state index in [1.165, 1.54) is 37.8 Å². The molecule has 1 aromatic carbocycles. The Kier molecular flexibility index (Phi) is 6.47. The van der Waals surface area contributed by atoms with Crippen molar-refractivity contribution in [3.8, 4) is 0 Å². The summed E-state index contributed by atoms with van der Waals surface area (Å²) in [5.41, 5.74) is 1.03. The minimum atomic E-state index is -0.390. The van der Waals surface area contributed by atoms with Crippen molar-refractivity contribution < 1.29 is 9.72 Å². The first kappa shape index (κ1) is 18.7. The van der Waals surface area contributed by atoms with Crippen LogP contribution in [0, 0.1) is 10.1 Å². The Labute approximate surface area is 155 Å². The Balaban J connectivity index is 1.69. The van der Waals surface area contributed by atoms with E-state index < -0.39 is 4.92 Å². The van der Waals surface area contributed by atoms with Gasteiger partial charge in [-0.15, -0.1) is 0 Å². The lowest BCUT2D eigenvalue weighted by molar-refractivity contribution is -0.384. The van der Waals surface area contributed by atoms with Gasteiger partial charge in [0.1, 0.15) is 0 Å². The third-order valence-corrected chi connectivity index (χ3v) is 5.71. The van der Waals surface area contributed by atoms with Crippen molar-refractivity contribution in [3.05, 3.63) is 39.9 Å². The lowest BCUT2D eigenvalue weighted by atomic mass is 9.93. The van der Waals surface area contributed by atoms with E-state index in [4.69, 9.17) is 0 Å². The smallest absolute Gasteiger partial charge is 0.318 e. The third-order valence-electron chi connectivity index (χ3n) is 5.71. The number of hydrogen-bond donors (Lipinski definition) is 1. The van der Waals surface area contributed by atoms with Crippen LogP contribution in [0.4, 0.5) is 10.5 Å². The summed E-state index contributed by atoms with van der Waals surface area (Å²) in [6.45, 7) is 0.515. The van der Waals surface area contributed by atoms with E-state index >= 15 is 0 Å². The molecule has 0 bridgehead atoms. The van der Waals surface area contributed by atoms with Crippen molar-refractivity contribution in [2.24, 2.45) is 0 Å². The van der Waals surface area contributed by atoms with Gasteiger partial charge in [-0.05, 0) is 31.2 Å². The molecule has 142 valence electrons. The topological polar surface area (TPSA) is 75.5 Å². The number of nitrogens with one attached hydrogen (secondary N) is 1. The first-order valence-corrected chi connectivity index (χ1v) is 9.94. The number of amides is 2. The highest BCUT2D eigenvalue weighted by Gasteiger charge is 2.27. The maximum atomic E-state index is 13.0. The predicted octanol–water partition coefficient (Wildman–Crippen LogP) is 4.77. The Bertz CT molecular complexity index is 605. The second-order valence-electron chi connectivity index (χ2n) is 7.63. The number of rotatable bonds is 5. The van der Waals surface area contributed by atoms with Gasteiger partial charge in [-0.3, -0.25) is 10.1 Å². The van der Waals surface area contributed by atoms with Crippen LogP contribution in [-0.4, -0.2) is 27.9 Å². The van der Waals surface area contributed by atoms with E-state index in [9.17, 15) is 14.9 Å². The van der Waals surface area contributed by atoms with E-state index in [0.717, 1.165) is 44.1 Å². The lowest BCUT2D eigenvalue weighted by Crippen LogP contribution is -2.49. The Morgan fingerprint density at radius 1 is 1.00 bits per heavy atom. The molecule has 6 nitrogen and oxygen atoms in total. The molecule has 6 heteroatoms. The molecule has 1 aromatic rings. The molecule has 2 amide bonds. The average Bonchev–Trinajstić information content (AvgIpc) is 2.68. The second-order valence-corrected chi connectivity index (χ2v) is 7.63. The number of hydrogen-bond acceptors (Lipinski definition) is 3. The molecule has 26 heavy (non-hydrogen) atoms. The molecule has 0 spiro atoms. The van der Waals surface area contributed by atoms with Crippen LogP contribution < -0.4 is 5.32 Å². The minimum Gasteiger partial charge on any atom is -0.335 e. The van der Waals surface area contributed by atoms with E-state index in [0.29, 0.717) is 12.6 Å². The van der Waals surface area contributed by atoms with E-state index in [1.54, 1.807) is 12.1 Å². The van der Waals surface area contributed by atoms with Crippen LogP contribution >= 0.6 is 0 Å². The van der Waals surface area contributed by atoms with Crippen LogP contribution in [0.25, 0.3) is 0 Å². The van der Waals surface area contributed by atoms with Crippen molar-refractivity contribution in [1.82, 2.24) is 10.2 Å². The molecular formula is C20H29N3O3. The number of nitro benzene ring substituents is 1. The number of carbonyl (C=O) groups excluding carboxylic acids is 1. The van der Waals surface area contributed by atoms with Crippen molar-refractivity contribution in [2.45, 2.75) is 82.8 Å². The molecule has 0 saturated heterocycles. The molecule has 2 fully saturated rings. The normalized spacial score (nSPS) is 19.1. The third kappa shape index (κ3) is 4.96. The molecule has 0 aliphatic heterocycles. The maximum absolute atomic E-state index is 13.0. The van der Waals surface area contributed by atoms with E-state index in [1.807, 2.05) is 4.90 Å². The maximum Gasteiger partial charge on any atom is 0.318 e. The Hall–Kier alpha value is -2.11. The zero-order chi connectivity index (χ0) is 18.4. The number of non-ortho nitro benzene ring substituents is 1. The Morgan fingerprint density at radius 3 is 2.15 bits per heavy atom. The minimum absolute atomic E-state index is 0.0298. The fourth-order valence-corrected chi connectivity index (χ4v) is 4.18. The van der Waals surface area contributed by atoms with Gasteiger partial charge in [0.05, 0.1) is 4.92 Å². The SMILES string of the molecule is O=C(NC1CCCCC1)N(Cc1ccc([N+](=O)[O-])cc1)C1CCCCC1. The molecule has 2 saturated carbocycles. The zero-order valence-corrected chi connectivity index (χ0v) is 15.4. The van der Waals surface area contributed by atoms with Crippen molar-refractivity contribution in [3.63, 3.8) is 0 Å². The van der Waals surface area contributed by atoms with Gasteiger partial charge in [-0.25, -0.2) is 4.79 Å². The molecule has 0 aromatic heterocycles. The van der Waals surface area contributed by atoms with Crippen molar-refractivity contribution >= 4 is 11.7 Å². The molecule has 0 heterocycles. The number of benzene rings is 1. The standard InChI is InChI=1S/C20H29N3O3/c24-20(21-17-7-3-1-4-8-17)22(18-9-5-2-6-10-18)15-16-11-13-19(14-12-16)23(25)26/h11-14,17-18H,1-10,15H2,(H,21,24). The van der Waals surface area contributed by atoms with Crippen LogP contribution in [-0.2, 0) is 6.54 Å². The van der Waals surface area contributed by atoms with Crippen molar-refractivity contribution in [2.75, 3.05) is 0 Å². The van der Waals surface area contributed by atoms with Crippen LogP contribution in [0.5, 0.6) is 0 Å². The van der Waals surface area contributed by atoms with Gasteiger partial charge in [0.15, 0.2) is 0 Å². The Morgan fingerprint density at radius 2 is 1.58 bits per heavy atom. The number of urea groups is 1. The molecule has 1 N–H and O–H groups in total. The van der Waals surface area contributed by atoms with Gasteiger partial charge in [-0.1, -0.05) is 50.7 Å². The highest BCUT2D eigenvalue weighted by Crippen LogP contribution is 2.25. The molecule has 0 unspecified atom stereocenters. The summed E-state index contributed by atoms with van der Waals surface area (Å²) in [6, 6.07) is 7.16. The number of nitrogens with zero attached hydrogens (tertiary/aromatic N) is 2. The molecule has 3 rings (SSSR count). The molecular weight excluding hydrogens is 330 g/mol. The van der Waals surface area contributed by atoms with E-state index in [2.05, 4.69) is 5.32 Å². The monoisotopic (exact) mass is 359 g/mol. The summed E-state index contributed by atoms with van der Waals surface area (Å²) in [6.07, 6.45) is 11.5. The van der Waals surface area contributed by atoms with Gasteiger partial charge in [0, 0.05) is 30.8 Å². The van der Waals surface area contributed by atoms with Crippen LogP contribution in [0.15, 0.2) is 24.3 Å². The van der Waals surface area contributed by atoms with Gasteiger partial charge in [0.2, 0.25) is 0 Å². The van der Waals surface area contributed by atoms with Crippen LogP contribution in [0.1, 0.15) is 69.8 Å². The first-order chi connectivity index (χ1) is 12.6. The summed E-state index contributed by atoms with van der Waals surface area (Å²) >= 11 is 0. The van der Waals surface area contributed by atoms with Crippen LogP contribution in [0.3, 0.4) is 0 Å². The second kappa shape index (κ2) is 9.01. The average molecular weight is 359 g/mol. The van der Waals surface area contributed by atoms with Gasteiger partial charge < -0.3 is 10.2 Å². The van der Waals surface area contributed by atoms with Gasteiger partial charge in [-0.2, -0.15) is 0 Å². The summed E-state index contributed by atoms with van der Waals surface area (Å²) in [5.74, 6) is 0. The summed E-state index contributed by atoms with van der Waals surface area (Å²) in [4.78, 5) is 25.4. The zero-order valence-electron chi connectivity index (χ0n) is 15.4. The quantitative estimate of drug-likeness (QED) is 0.607. The number of nitro groups is 1. The molecule has 0 radical (unpaired) electrons. The van der Waals surface area contributed by atoms with Gasteiger partial charge in [0.25, 0.3) is 5.69 Å².